The van der Waals surface area contributed by atoms with E-state index in [-0.39, 0.29) is 17.9 Å². The fourth-order valence-corrected chi connectivity index (χ4v) is 3.65. The van der Waals surface area contributed by atoms with Crippen molar-refractivity contribution in [3.63, 3.8) is 0 Å². The highest BCUT2D eigenvalue weighted by molar-refractivity contribution is 5.86. The highest BCUT2D eigenvalue weighted by atomic mass is 35.5. The fraction of sp³-hybridized carbons (Fsp3) is 0.143. The molecule has 27 heavy (non-hydrogen) atoms. The SMILES string of the molecule is Cc1nc(-c2cccc3c2CCN3)c2nc(-c3ccccc3)cc-2[nH]1.Cl.O. The molecule has 2 aromatic rings. The van der Waals surface area contributed by atoms with Gasteiger partial charge in [-0.25, -0.2) is 9.97 Å². The summed E-state index contributed by atoms with van der Waals surface area (Å²) in [6, 6.07) is 18.8. The highest BCUT2D eigenvalue weighted by Gasteiger charge is 2.22. The van der Waals surface area contributed by atoms with Gasteiger partial charge in [0.1, 0.15) is 17.2 Å². The smallest absolute Gasteiger partial charge is 0.114 e. The van der Waals surface area contributed by atoms with E-state index in [0.717, 1.165) is 47.1 Å². The lowest BCUT2D eigenvalue weighted by Gasteiger charge is -2.11. The lowest BCUT2D eigenvalue weighted by molar-refractivity contribution is 0.824. The molecule has 0 spiro atoms. The van der Waals surface area contributed by atoms with Crippen LogP contribution in [0.5, 0.6) is 0 Å². The van der Waals surface area contributed by atoms with E-state index in [4.69, 9.17) is 9.97 Å². The van der Waals surface area contributed by atoms with Gasteiger partial charge in [0, 0.05) is 23.4 Å². The van der Waals surface area contributed by atoms with Gasteiger partial charge in [0.2, 0.25) is 0 Å². The van der Waals surface area contributed by atoms with Crippen molar-refractivity contribution >= 4 is 18.1 Å². The van der Waals surface area contributed by atoms with Gasteiger partial charge in [-0.1, -0.05) is 42.5 Å². The molecule has 0 fully saturated rings. The molecule has 3 aliphatic rings. The van der Waals surface area contributed by atoms with Crippen LogP contribution < -0.4 is 5.32 Å². The number of halogens is 1. The first kappa shape index (κ1) is 18.9. The molecule has 3 heterocycles. The first-order valence-electron chi connectivity index (χ1n) is 8.58. The molecule has 0 atom stereocenters. The van der Waals surface area contributed by atoms with Crippen molar-refractivity contribution < 1.29 is 5.48 Å². The predicted molar refractivity (Wildman–Crippen MR) is 112 cm³/mol. The van der Waals surface area contributed by atoms with Crippen LogP contribution in [0.15, 0.2) is 54.6 Å². The van der Waals surface area contributed by atoms with Gasteiger partial charge in [-0.15, -0.1) is 12.4 Å². The Balaban J connectivity index is 0.00000105. The van der Waals surface area contributed by atoms with Crippen LogP contribution in [0.3, 0.4) is 0 Å². The van der Waals surface area contributed by atoms with Gasteiger partial charge in [0.15, 0.2) is 0 Å². The first-order chi connectivity index (χ1) is 12.3. The van der Waals surface area contributed by atoms with Gasteiger partial charge in [-0.2, -0.15) is 0 Å². The second-order valence-corrected chi connectivity index (χ2v) is 6.45. The van der Waals surface area contributed by atoms with Gasteiger partial charge in [-0.3, -0.25) is 0 Å². The second-order valence-electron chi connectivity index (χ2n) is 6.45. The van der Waals surface area contributed by atoms with Gasteiger partial charge >= 0.3 is 0 Å². The van der Waals surface area contributed by atoms with E-state index >= 15 is 0 Å². The van der Waals surface area contributed by atoms with E-state index < -0.39 is 0 Å². The fourth-order valence-electron chi connectivity index (χ4n) is 3.65. The van der Waals surface area contributed by atoms with Crippen molar-refractivity contribution in [2.45, 2.75) is 13.3 Å². The predicted octanol–water partition coefficient (Wildman–Crippen LogP) is 4.12. The minimum Gasteiger partial charge on any atom is -0.412 e. The molecule has 0 unspecified atom stereocenters. The minimum absolute atomic E-state index is 0. The number of anilines is 1. The Morgan fingerprint density at radius 1 is 0.926 bits per heavy atom. The van der Waals surface area contributed by atoms with Gasteiger partial charge in [-0.05, 0) is 31.0 Å². The molecule has 6 heteroatoms. The standard InChI is InChI=1S/C21H18N4.ClH.H2O/c1-13-23-19-12-18(14-6-3-2-4-7-14)25-21(19)20(24-13)16-8-5-9-17-15(16)10-11-22-17;;/h2-9,12,22H,10-11H2,1H3,(H,23,24);1H;1H2. The molecule has 0 bridgehead atoms. The summed E-state index contributed by atoms with van der Waals surface area (Å²) in [5, 5.41) is 3.45. The Bertz CT molecular complexity index is 1050. The van der Waals surface area contributed by atoms with Crippen LogP contribution >= 0.6 is 12.4 Å². The van der Waals surface area contributed by atoms with Crippen LogP contribution in [0.25, 0.3) is 33.9 Å². The normalized spacial score (nSPS) is 12.0. The molecule has 2 aromatic carbocycles. The third-order valence-corrected chi connectivity index (χ3v) is 4.78. The van der Waals surface area contributed by atoms with E-state index in [1.807, 2.05) is 25.1 Å². The molecule has 0 saturated carbocycles. The van der Waals surface area contributed by atoms with Crippen LogP contribution in [-0.2, 0) is 6.42 Å². The maximum atomic E-state index is 4.91. The van der Waals surface area contributed by atoms with Gasteiger partial charge in [0.25, 0.3) is 0 Å². The van der Waals surface area contributed by atoms with Crippen LogP contribution in [-0.4, -0.2) is 27.0 Å². The number of aromatic amines is 1. The molecule has 0 amide bonds. The number of nitrogens with one attached hydrogen (secondary N) is 2. The van der Waals surface area contributed by atoms with Crippen molar-refractivity contribution in [1.29, 1.82) is 0 Å². The molecular formula is C21H21ClN4O. The Morgan fingerprint density at radius 2 is 1.74 bits per heavy atom. The van der Waals surface area contributed by atoms with E-state index in [1.54, 1.807) is 0 Å². The number of rotatable bonds is 2. The summed E-state index contributed by atoms with van der Waals surface area (Å²) in [7, 11) is 0. The van der Waals surface area contributed by atoms with Crippen molar-refractivity contribution in [2.75, 3.05) is 11.9 Å². The maximum Gasteiger partial charge on any atom is 0.114 e. The maximum absolute atomic E-state index is 4.91. The summed E-state index contributed by atoms with van der Waals surface area (Å²) >= 11 is 0. The molecule has 0 aromatic heterocycles. The van der Waals surface area contributed by atoms with E-state index in [0.29, 0.717) is 0 Å². The van der Waals surface area contributed by atoms with Crippen molar-refractivity contribution in [1.82, 2.24) is 15.0 Å². The summed E-state index contributed by atoms with van der Waals surface area (Å²) in [4.78, 5) is 13.1. The quantitative estimate of drug-likeness (QED) is 0.548. The summed E-state index contributed by atoms with van der Waals surface area (Å²) < 4.78 is 0. The lowest BCUT2D eigenvalue weighted by Crippen LogP contribution is -1.99. The zero-order valence-electron chi connectivity index (χ0n) is 14.9. The Labute approximate surface area is 164 Å². The molecule has 0 aliphatic carbocycles. The lowest BCUT2D eigenvalue weighted by atomic mass is 10.00. The summed E-state index contributed by atoms with van der Waals surface area (Å²) in [6.07, 6.45) is 1.03. The second kappa shape index (κ2) is 7.39. The molecule has 4 N–H and O–H groups in total. The third kappa shape index (κ3) is 3.16. The highest BCUT2D eigenvalue weighted by Crippen LogP contribution is 2.38. The molecular weight excluding hydrogens is 360 g/mol. The number of nitrogens with zero attached hydrogens (tertiary/aromatic N) is 2. The van der Waals surface area contributed by atoms with Crippen LogP contribution in [0.1, 0.15) is 11.4 Å². The average Bonchev–Trinajstić information content (AvgIpc) is 3.28. The zero-order chi connectivity index (χ0) is 16.8. The molecule has 138 valence electrons. The first-order valence-corrected chi connectivity index (χ1v) is 8.58. The van der Waals surface area contributed by atoms with Gasteiger partial charge in [0.05, 0.1) is 11.4 Å². The van der Waals surface area contributed by atoms with Gasteiger partial charge < -0.3 is 15.8 Å². The zero-order valence-corrected chi connectivity index (χ0v) is 15.7. The number of hydrogen-bond donors (Lipinski definition) is 2. The topological polar surface area (TPSA) is 85.1 Å². The Hall–Kier alpha value is -2.89. The summed E-state index contributed by atoms with van der Waals surface area (Å²) in [5.74, 6) is 0.901. The summed E-state index contributed by atoms with van der Waals surface area (Å²) in [6.45, 7) is 2.98. The Morgan fingerprint density at radius 3 is 2.56 bits per heavy atom. The van der Waals surface area contributed by atoms with Crippen LogP contribution in [0.4, 0.5) is 5.69 Å². The van der Waals surface area contributed by atoms with E-state index in [2.05, 4.69) is 46.7 Å². The number of aromatic nitrogens is 3. The van der Waals surface area contributed by atoms with E-state index in [1.165, 1.54) is 16.8 Å². The van der Waals surface area contributed by atoms with Crippen LogP contribution in [0, 0.1) is 6.92 Å². The number of benzene rings is 2. The third-order valence-electron chi connectivity index (χ3n) is 4.78. The largest absolute Gasteiger partial charge is 0.412 e. The average molecular weight is 381 g/mol. The van der Waals surface area contributed by atoms with Crippen molar-refractivity contribution in [3.8, 4) is 33.9 Å². The molecule has 5 nitrogen and oxygen atoms in total. The van der Waals surface area contributed by atoms with E-state index in [9.17, 15) is 0 Å². The monoisotopic (exact) mass is 380 g/mol. The number of hydrogen-bond acceptors (Lipinski definition) is 3. The molecule has 0 radical (unpaired) electrons. The van der Waals surface area contributed by atoms with Crippen LogP contribution in [0.2, 0.25) is 0 Å². The molecule has 5 rings (SSSR count). The summed E-state index contributed by atoms with van der Waals surface area (Å²) in [5.41, 5.74) is 8.77. The number of fused-ring (bicyclic) bond motifs is 2. The number of aryl methyl sites for hydroxylation is 1. The molecule has 0 saturated heterocycles. The Kier molecular flexibility index (Phi) is 5.17. The van der Waals surface area contributed by atoms with Crippen molar-refractivity contribution in [2.24, 2.45) is 0 Å². The number of H-pyrrole nitrogens is 1. The molecule has 3 aliphatic heterocycles. The van der Waals surface area contributed by atoms with Crippen molar-refractivity contribution in [3.05, 3.63) is 66.0 Å². The minimum atomic E-state index is 0.